The summed E-state index contributed by atoms with van der Waals surface area (Å²) in [5.41, 5.74) is 14.9. The molecule has 137 heavy (non-hydrogen) atoms. The Labute approximate surface area is 898 Å². The lowest BCUT2D eigenvalue weighted by molar-refractivity contribution is 0.414. The number of nitrogens with one attached hydrogen (secondary N) is 1. The second-order valence-corrected chi connectivity index (χ2v) is 49.5. The molecule has 13 rings (SSSR count). The monoisotopic (exact) mass is 2180 g/mol. The molecule has 3 aromatic carbocycles. The maximum Gasteiger partial charge on any atom is 0.139 e. The van der Waals surface area contributed by atoms with Crippen molar-refractivity contribution >= 4 is 186 Å². The van der Waals surface area contributed by atoms with Crippen LogP contribution in [0.4, 0.5) is 0 Å². The molecule has 13 nitrogen and oxygen atoms in total. The van der Waals surface area contributed by atoms with Crippen LogP contribution in [-0.4, -0.2) is 55.7 Å². The van der Waals surface area contributed by atoms with E-state index in [1.165, 1.54) is 35.6 Å². The van der Waals surface area contributed by atoms with Gasteiger partial charge in [0, 0.05) is 151 Å². The predicted octanol–water partition coefficient (Wildman–Crippen LogP) is 38.8. The summed E-state index contributed by atoms with van der Waals surface area (Å²) in [5, 5.41) is 28.6. The number of benzene rings is 3. The molecular weight excluding hydrogens is 2050 g/mol. The fourth-order valence-corrected chi connectivity index (χ4v) is 18.4. The molecule has 29 heteroatoms. The van der Waals surface area contributed by atoms with Crippen LogP contribution in [0.15, 0.2) is 133 Å². The molecule has 0 saturated heterocycles. The first-order chi connectivity index (χ1) is 62.8. The number of aromatic amines is 1. The minimum atomic E-state index is -0.0782. The van der Waals surface area contributed by atoms with Crippen LogP contribution in [0.3, 0.4) is 0 Å². The van der Waals surface area contributed by atoms with E-state index in [1.54, 1.807) is 14.2 Å². The van der Waals surface area contributed by atoms with Crippen molar-refractivity contribution in [2.75, 3.05) is 14.2 Å². The SMILES string of the molecule is CC(C)(C)c1cc(Cl)c(Cl)[nH]1.CC(C)(C)c1cc(Cl)c(Cl)n1-c1ccccc1.CC(C)(C)c1cc(Cl)c(Cl)n1C1CC1.CC(C)n1c(C(C)(C)C)cc(Cl)c1Cl.CCCn1c(C(C)(C)C)cc(Cl)c1Cl.CCn1c(C(C)(C)C)cc(Cl)c1Cl.COc1ccc(Cn2c(C(C)(C)C)cc(Cl)c2C#N)cc1.COc1ccc(Cn2c(C(C)(C)C)cc(Cl)c2C#N)cc1.Cn1c(C(C)(C)C)cc(Cl)c1Cl. The minimum absolute atomic E-state index is 0.00732. The normalized spacial score (nSPS) is 12.4. The van der Waals surface area contributed by atoms with Crippen LogP contribution < -0.4 is 9.47 Å². The van der Waals surface area contributed by atoms with Gasteiger partial charge in [-0.05, 0) is 142 Å². The van der Waals surface area contributed by atoms with Gasteiger partial charge in [-0.1, -0.05) is 422 Å². The summed E-state index contributed by atoms with van der Waals surface area (Å²) in [7, 11) is 5.22. The smallest absolute Gasteiger partial charge is 0.139 e. The fraction of sp³-hybridized carbons (Fsp3) is 0.481. The third-order valence-corrected chi connectivity index (χ3v) is 28.0. The largest absolute Gasteiger partial charge is 0.497 e. The first-order valence-electron chi connectivity index (χ1n) is 45.6. The Morgan fingerprint density at radius 2 is 0.686 bits per heavy atom. The molecule has 752 valence electrons. The molecule has 0 amide bonds. The molecule has 0 bridgehead atoms. The number of methoxy groups -OCH3 is 2. The Bertz CT molecular complexity index is 5810. The molecule has 1 saturated carbocycles. The van der Waals surface area contributed by atoms with Crippen LogP contribution in [-0.2, 0) is 82.0 Å². The minimum Gasteiger partial charge on any atom is -0.497 e. The van der Waals surface area contributed by atoms with Crippen molar-refractivity contribution in [3.05, 3.63) is 288 Å². The van der Waals surface area contributed by atoms with E-state index in [0.29, 0.717) is 118 Å². The molecule has 9 aromatic heterocycles. The average Bonchev–Trinajstić information content (AvgIpc) is 1.60. The molecule has 0 aliphatic heterocycles. The van der Waals surface area contributed by atoms with Crippen molar-refractivity contribution < 1.29 is 9.47 Å². The summed E-state index contributed by atoms with van der Waals surface area (Å²) in [4.78, 5) is 3.02. The van der Waals surface area contributed by atoms with Crippen molar-refractivity contribution in [3.8, 4) is 29.3 Å². The zero-order valence-corrected chi connectivity index (χ0v) is 98.2. The molecule has 0 unspecified atom stereocenters. The van der Waals surface area contributed by atoms with Gasteiger partial charge in [-0.15, -0.1) is 0 Å². The summed E-state index contributed by atoms with van der Waals surface area (Å²) in [6.07, 6.45) is 3.52. The quantitative estimate of drug-likeness (QED) is 0.131. The number of hydrogen-bond donors (Lipinski definition) is 1. The maximum atomic E-state index is 9.36. The molecule has 1 N–H and O–H groups in total. The molecule has 0 spiro atoms. The van der Waals surface area contributed by atoms with Gasteiger partial charge >= 0.3 is 0 Å². The van der Waals surface area contributed by atoms with E-state index in [2.05, 4.69) is 245 Å². The zero-order chi connectivity index (χ0) is 105. The van der Waals surface area contributed by atoms with Gasteiger partial charge in [-0.3, -0.25) is 0 Å². The fourth-order valence-electron chi connectivity index (χ4n) is 14.8. The number of hydrogen-bond acceptors (Lipinski definition) is 4. The summed E-state index contributed by atoms with van der Waals surface area (Å²) in [6, 6.07) is 48.4. The van der Waals surface area contributed by atoms with Crippen LogP contribution in [0.5, 0.6) is 11.5 Å². The van der Waals surface area contributed by atoms with Crippen LogP contribution >= 0.6 is 186 Å². The van der Waals surface area contributed by atoms with Gasteiger partial charge in [0.25, 0.3) is 0 Å². The predicted molar refractivity (Wildman–Crippen MR) is 595 cm³/mol. The van der Waals surface area contributed by atoms with Crippen LogP contribution in [0.2, 0.25) is 81.3 Å². The van der Waals surface area contributed by atoms with E-state index >= 15 is 0 Å². The first kappa shape index (κ1) is 122. The van der Waals surface area contributed by atoms with E-state index in [0.717, 1.165) is 76.3 Å². The van der Waals surface area contributed by atoms with E-state index in [-0.39, 0.29) is 48.7 Å². The maximum absolute atomic E-state index is 9.36. The van der Waals surface area contributed by atoms with E-state index in [1.807, 2.05) is 163 Å². The van der Waals surface area contributed by atoms with Gasteiger partial charge < -0.3 is 51.0 Å². The Balaban J connectivity index is 0.000000274. The molecule has 1 fully saturated rings. The van der Waals surface area contributed by atoms with E-state index < -0.39 is 0 Å². The topological polar surface area (TPSA) is 121 Å². The molecule has 0 atom stereocenters. The Hall–Kier alpha value is -5.60. The van der Waals surface area contributed by atoms with Crippen LogP contribution in [0.1, 0.15) is 320 Å². The lowest BCUT2D eigenvalue weighted by atomic mass is 9.92. The van der Waals surface area contributed by atoms with Crippen molar-refractivity contribution in [2.45, 2.75) is 321 Å². The number of nitrogens with zero attached hydrogens (tertiary/aromatic N) is 10. The summed E-state index contributed by atoms with van der Waals surface area (Å²) >= 11 is 96.8. The van der Waals surface area contributed by atoms with Gasteiger partial charge in [0.05, 0.1) is 59.4 Å². The van der Waals surface area contributed by atoms with Gasteiger partial charge in [0.15, 0.2) is 0 Å². The molecule has 9 heterocycles. The summed E-state index contributed by atoms with van der Waals surface area (Å²) in [6.45, 7) is 69.3. The van der Waals surface area contributed by atoms with Crippen LogP contribution in [0.25, 0.3) is 5.69 Å². The number of rotatable bonds is 12. The zero-order valence-electron chi connectivity index (χ0n) is 86.1. The molecule has 0 radical (unpaired) electrons. The number of ether oxygens (including phenoxy) is 2. The lowest BCUT2D eigenvalue weighted by Crippen LogP contribution is -2.19. The van der Waals surface area contributed by atoms with Gasteiger partial charge in [0.2, 0.25) is 0 Å². The Kier molecular flexibility index (Phi) is 44.7. The van der Waals surface area contributed by atoms with Gasteiger partial charge in [0.1, 0.15) is 71.1 Å². The standard InChI is InChI=1S/2C17H19ClN2O.C14H15Cl2N.C11H15Cl2N.2C11H17Cl2N.C10H15Cl2N.C9H13Cl2N.C8H11Cl2N/c2*1-17(2,3)16-9-14(18)15(10-19)20(16)11-12-5-7-13(21-4)8-6-12;1-14(2,3)12-9-11(15)13(16)17(12)10-7-5-4-6-8-10;1-11(2,3)9-6-8(12)10(13)14(9)7-4-5-7;1-7(2)14-9(11(3,4)5)6-8(12)10(14)13;1-5-6-14-9(11(2,3)4)7-8(12)10(14)13;1-5-13-8(10(2,3)4)6-7(11)9(13)12;1-9(2,3)7-5-6(10)8(11)12(7)4;1-8(2,3)6-4-5(9)7(10)11-6/h2*5-9H,11H2,1-4H3;4-9H,1-3H3;6-7H,4-5H2,1-3H3;6-7H,1-5H3;7H,5-6H2,1-4H3;6H,5H2,1-4H3;5H,1-4H3;4,11H,1-3H3. The number of halogens is 16. The number of para-hydroxylation sites is 1. The molecule has 12 aromatic rings. The molecule has 1 aliphatic rings. The molecule has 1 aliphatic carbocycles. The van der Waals surface area contributed by atoms with Gasteiger partial charge in [-0.25, -0.2) is 0 Å². The summed E-state index contributed by atoms with van der Waals surface area (Å²) < 4.78 is 26.7. The van der Waals surface area contributed by atoms with E-state index in [9.17, 15) is 10.5 Å². The van der Waals surface area contributed by atoms with Crippen molar-refractivity contribution in [1.82, 2.24) is 41.5 Å². The van der Waals surface area contributed by atoms with Crippen molar-refractivity contribution in [3.63, 3.8) is 0 Å². The third-order valence-electron chi connectivity index (χ3n) is 22.1. The Morgan fingerprint density at radius 3 is 0.985 bits per heavy atom. The first-order valence-corrected chi connectivity index (χ1v) is 51.6. The highest BCUT2D eigenvalue weighted by atomic mass is 35.5. The highest BCUT2D eigenvalue weighted by Gasteiger charge is 2.34. The highest BCUT2D eigenvalue weighted by molar-refractivity contribution is 6.45. The lowest BCUT2D eigenvalue weighted by Gasteiger charge is -2.24. The second-order valence-electron chi connectivity index (χ2n) is 43.3. The average molecular weight is 2190 g/mol. The summed E-state index contributed by atoms with van der Waals surface area (Å²) in [5.74, 6) is 1.64. The second kappa shape index (κ2) is 50.3. The van der Waals surface area contributed by atoms with Crippen molar-refractivity contribution in [2.24, 2.45) is 7.05 Å². The third kappa shape index (κ3) is 33.7. The van der Waals surface area contributed by atoms with Gasteiger partial charge in [-0.2, -0.15) is 10.5 Å². The number of H-pyrrole nitrogens is 1. The number of nitriles is 2. The van der Waals surface area contributed by atoms with Crippen LogP contribution in [0, 0.1) is 22.7 Å². The van der Waals surface area contributed by atoms with E-state index in [4.69, 9.17) is 195 Å². The van der Waals surface area contributed by atoms with Crippen molar-refractivity contribution in [1.29, 1.82) is 10.5 Å². The Morgan fingerprint density at radius 1 is 0.358 bits per heavy atom. The number of aromatic nitrogens is 9. The highest BCUT2D eigenvalue weighted by Crippen LogP contribution is 2.46. The molecular formula is C108H141Cl16N11O2.